The molecule has 0 aromatic rings. The van der Waals surface area contributed by atoms with Crippen molar-refractivity contribution < 1.29 is 188 Å². The highest BCUT2D eigenvalue weighted by Crippen LogP contribution is 2.37. The van der Waals surface area contributed by atoms with E-state index in [1.165, 1.54) is 0 Å². The van der Waals surface area contributed by atoms with Crippen molar-refractivity contribution >= 4 is 23.7 Å². The van der Waals surface area contributed by atoms with E-state index in [9.17, 15) is 126 Å². The lowest BCUT2D eigenvalue weighted by Gasteiger charge is -2.50. The van der Waals surface area contributed by atoms with Crippen LogP contribution >= 0.6 is 0 Å². The number of ether oxygens (including phenoxy) is 13. The highest BCUT2D eigenvalue weighted by Gasteiger charge is 2.58. The number of aliphatic hydroxyl groups excluding tert-OH is 20. The number of amides is 3. The van der Waals surface area contributed by atoms with Crippen molar-refractivity contribution in [3.05, 3.63) is 0 Å². The van der Waals surface area contributed by atoms with E-state index >= 15 is 0 Å². The summed E-state index contributed by atoms with van der Waals surface area (Å²) in [5, 5.41) is 234. The largest absolute Gasteiger partial charge is 0.480 e. The summed E-state index contributed by atoms with van der Waals surface area (Å²) in [6, 6.07) is -5.25. The van der Waals surface area contributed by atoms with Crippen LogP contribution in [0.15, 0.2) is 0 Å². The van der Waals surface area contributed by atoms with Crippen LogP contribution in [0.3, 0.4) is 0 Å². The Morgan fingerprint density at radius 3 is 1.13 bits per heavy atom. The Bertz CT molecular complexity index is 2360. The number of hydrogen-bond donors (Lipinski definition) is 25. The van der Waals surface area contributed by atoms with Crippen LogP contribution in [-0.4, -0.2) is 398 Å². The normalized spacial score (nSPS) is 47.2. The SMILES string of the molecule is CC(=O)N[C@@H]1[C@@H](O)[C@H](O[C@@H]2O[C@H](CO)[C@@H](O[C@@H]3O[C@H](CO[C@H]4O[C@H](CO[C@H]5O[C@H](CO)[C@@H](O)[C@H](O)[C@@H]5O)[C@@H](O)[C@H](O[C@H]5O[C@H](CO)[C@@H](O)[C@H](O)[C@@H]5O)[C@@H]4O)[C@@H](O)[C@H](O[C@H]4O[C@H](CO)[C@@H](O)[C@H](O)[C@@H]4O)[C@@H]3O)[C@H](O)[C@H]2NC(C)=O)[C@@H](CO)O[C@H]1NC(=O)C[C@H](N)C(=O)O. The molecule has 36 atom stereocenters. The quantitative estimate of drug-likeness (QED) is 0.0404. The number of aliphatic hydroxyl groups is 20. The van der Waals surface area contributed by atoms with Gasteiger partial charge in [0.1, 0.15) is 177 Å². The Kier molecular flexibility index (Phi) is 27.4. The Morgan fingerprint density at radius 2 is 0.696 bits per heavy atom. The molecule has 42 heteroatoms. The average Bonchev–Trinajstić information content (AvgIpc) is 0.780. The molecule has 532 valence electrons. The summed E-state index contributed by atoms with van der Waals surface area (Å²) in [4.78, 5) is 49.4. The number of nitrogens with one attached hydrogen (secondary N) is 3. The predicted molar refractivity (Wildman–Crippen MR) is 281 cm³/mol. The van der Waals surface area contributed by atoms with Gasteiger partial charge < -0.3 is 191 Å². The van der Waals surface area contributed by atoms with Gasteiger partial charge in [0.25, 0.3) is 0 Å². The summed E-state index contributed by atoms with van der Waals surface area (Å²) in [6.45, 7) is -5.15. The molecule has 42 nitrogen and oxygen atoms in total. The molecule has 0 radical (unpaired) electrons. The molecule has 7 heterocycles. The molecule has 7 aliphatic rings. The molecule has 92 heavy (non-hydrogen) atoms. The Balaban J connectivity index is 1.17. The highest BCUT2D eigenvalue weighted by molar-refractivity contribution is 5.84. The number of carbonyl (C=O) groups excluding carboxylic acids is 3. The van der Waals surface area contributed by atoms with E-state index in [1.54, 1.807) is 0 Å². The number of rotatable bonds is 25. The van der Waals surface area contributed by atoms with Crippen LogP contribution < -0.4 is 21.7 Å². The second kappa shape index (κ2) is 33.2. The minimum atomic E-state index is -2.39. The molecule has 0 spiro atoms. The number of carboxylic acids is 1. The lowest BCUT2D eigenvalue weighted by atomic mass is 9.93. The highest BCUT2D eigenvalue weighted by atomic mass is 16.8. The fourth-order valence-electron chi connectivity index (χ4n) is 11.2. The first-order valence-electron chi connectivity index (χ1n) is 28.9. The molecule has 0 aliphatic carbocycles. The Labute approximate surface area is 519 Å². The smallest absolute Gasteiger partial charge is 0.321 e. The zero-order chi connectivity index (χ0) is 68.1. The molecule has 0 aromatic heterocycles. The molecule has 0 unspecified atom stereocenters. The van der Waals surface area contributed by atoms with E-state index < -0.39 is 297 Å². The van der Waals surface area contributed by atoms with Gasteiger partial charge in [0, 0.05) is 13.8 Å². The van der Waals surface area contributed by atoms with Gasteiger partial charge in [-0.3, -0.25) is 19.2 Å². The monoisotopic (exact) mass is 1350 g/mol. The van der Waals surface area contributed by atoms with Gasteiger partial charge in [-0.2, -0.15) is 0 Å². The summed E-state index contributed by atoms with van der Waals surface area (Å²) in [5.74, 6) is -4.34. The number of hydrogen-bond acceptors (Lipinski definition) is 38. The lowest BCUT2D eigenvalue weighted by molar-refractivity contribution is -0.387. The minimum Gasteiger partial charge on any atom is -0.480 e. The van der Waals surface area contributed by atoms with Crippen LogP contribution in [0, 0.1) is 0 Å². The fourth-order valence-corrected chi connectivity index (χ4v) is 11.2. The standard InChI is InChI=1S/C50H84N4O38/c1-11(60)52-22-29(68)39(17(7-58)82-43(22)54-21(62)3-13(51)44(78)79)89-45-23(53-12(2)61)30(69)40(18(8-59)86-45)90-50-38(77)42(92-49-36(75)33(72)26(65)16(6-57)85-49)28(67)20(88-50)10-81-47-37(76)41(91-48-35(74)32(71)25(64)15(5-56)84-48)27(66)19(87-47)9-80-46-34(73)31(70)24(63)14(4-55)83-46/h13-20,22-43,45-50,55-59,63-77H,3-10,51H2,1-2H3,(H,52,60)(H,53,61)(H,54,62)(H,78,79)/t13-,14+,15+,16+,17+,18+,19+,20+,22+,23+,24+,25+,26+,27+,28+,29+,30+,31-,32-,33-,34-,35-,36-,37-,38-,39+,40+,41-,42-,43+,45-,46-,47-,48+,49+,50-/m0/s1. The van der Waals surface area contributed by atoms with Crippen molar-refractivity contribution in [1.29, 1.82) is 0 Å². The second-order valence-electron chi connectivity index (χ2n) is 22.9. The van der Waals surface area contributed by atoms with E-state index in [0.717, 1.165) is 13.8 Å². The van der Waals surface area contributed by atoms with Crippen LogP contribution in [0.4, 0.5) is 0 Å². The maximum atomic E-state index is 12.8. The van der Waals surface area contributed by atoms with Gasteiger partial charge in [-0.25, -0.2) is 0 Å². The second-order valence-corrected chi connectivity index (χ2v) is 22.9. The molecular weight excluding hydrogens is 1260 g/mol. The van der Waals surface area contributed by atoms with Crippen LogP contribution in [0.2, 0.25) is 0 Å². The Morgan fingerprint density at radius 1 is 0.370 bits per heavy atom. The number of carboxylic acid groups (broad SMARTS) is 1. The lowest BCUT2D eigenvalue weighted by Crippen LogP contribution is -2.71. The molecule has 7 fully saturated rings. The van der Waals surface area contributed by atoms with Crippen LogP contribution in [0.5, 0.6) is 0 Å². The predicted octanol–water partition coefficient (Wildman–Crippen LogP) is -17.1. The van der Waals surface area contributed by atoms with Crippen molar-refractivity contribution in [3.8, 4) is 0 Å². The maximum Gasteiger partial charge on any atom is 0.321 e. The van der Waals surface area contributed by atoms with Gasteiger partial charge >= 0.3 is 5.97 Å². The van der Waals surface area contributed by atoms with E-state index in [4.69, 9.17) is 67.3 Å². The number of nitrogens with two attached hydrogens (primary N) is 1. The van der Waals surface area contributed by atoms with Crippen molar-refractivity contribution in [2.75, 3.05) is 46.2 Å². The average molecular weight is 1350 g/mol. The van der Waals surface area contributed by atoms with E-state index in [1.807, 2.05) is 0 Å². The van der Waals surface area contributed by atoms with Gasteiger partial charge in [0.05, 0.1) is 52.7 Å². The number of carbonyl (C=O) groups is 4. The van der Waals surface area contributed by atoms with Crippen molar-refractivity contribution in [1.82, 2.24) is 16.0 Å². The first kappa shape index (κ1) is 75.9. The molecule has 0 saturated carbocycles. The first-order chi connectivity index (χ1) is 43.4. The summed E-state index contributed by atoms with van der Waals surface area (Å²) in [6.07, 6.45) is -67.2. The summed E-state index contributed by atoms with van der Waals surface area (Å²) in [5.41, 5.74) is 5.48. The number of aliphatic carboxylic acids is 1. The van der Waals surface area contributed by atoms with Crippen molar-refractivity contribution in [2.24, 2.45) is 5.73 Å². The molecule has 0 bridgehead atoms. The van der Waals surface area contributed by atoms with E-state index in [-0.39, 0.29) is 0 Å². The van der Waals surface area contributed by atoms with Gasteiger partial charge in [-0.15, -0.1) is 0 Å². The molecule has 0 aromatic carbocycles. The van der Waals surface area contributed by atoms with E-state index in [2.05, 4.69) is 16.0 Å². The van der Waals surface area contributed by atoms with Crippen LogP contribution in [0.1, 0.15) is 20.3 Å². The van der Waals surface area contributed by atoms with Crippen LogP contribution in [-0.2, 0) is 80.8 Å². The third-order valence-corrected chi connectivity index (χ3v) is 16.4. The van der Waals surface area contributed by atoms with Crippen molar-refractivity contribution in [3.63, 3.8) is 0 Å². The third-order valence-electron chi connectivity index (χ3n) is 16.4. The summed E-state index contributed by atoms with van der Waals surface area (Å²) >= 11 is 0. The molecular formula is C50H84N4O38. The van der Waals surface area contributed by atoms with Crippen molar-refractivity contribution in [2.45, 2.75) is 241 Å². The van der Waals surface area contributed by atoms with Gasteiger partial charge in [-0.05, 0) is 0 Å². The fraction of sp³-hybridized carbons (Fsp3) is 0.920. The van der Waals surface area contributed by atoms with Gasteiger partial charge in [0.2, 0.25) is 17.7 Å². The van der Waals surface area contributed by atoms with Gasteiger partial charge in [0.15, 0.2) is 44.0 Å². The summed E-state index contributed by atoms with van der Waals surface area (Å²) < 4.78 is 75.0. The summed E-state index contributed by atoms with van der Waals surface area (Å²) in [7, 11) is 0. The molecule has 3 amide bonds. The van der Waals surface area contributed by atoms with Gasteiger partial charge in [-0.1, -0.05) is 0 Å². The molecule has 7 rings (SSSR count). The Hall–Kier alpha value is -3.48. The third kappa shape index (κ3) is 17.1. The topological polar surface area (TPSA) is 675 Å². The minimum absolute atomic E-state index is 0.817. The van der Waals surface area contributed by atoms with Crippen LogP contribution in [0.25, 0.3) is 0 Å². The molecule has 7 saturated heterocycles. The molecule has 7 aliphatic heterocycles. The zero-order valence-electron chi connectivity index (χ0n) is 48.9. The molecule has 26 N–H and O–H groups in total. The van der Waals surface area contributed by atoms with E-state index in [0.29, 0.717) is 0 Å². The first-order valence-corrected chi connectivity index (χ1v) is 28.9. The zero-order valence-corrected chi connectivity index (χ0v) is 48.9. The maximum absolute atomic E-state index is 12.8.